The summed E-state index contributed by atoms with van der Waals surface area (Å²) in [6, 6.07) is 4.61. The number of likely N-dealkylation sites (tertiary alicyclic amines) is 1. The lowest BCUT2D eigenvalue weighted by molar-refractivity contribution is -0.151. The van der Waals surface area contributed by atoms with E-state index < -0.39 is 6.10 Å². The number of unbranched alkanes of at least 4 members (excludes halogenated alkanes) is 13. The summed E-state index contributed by atoms with van der Waals surface area (Å²) in [5, 5.41) is 5.16. The molecule has 0 saturated carbocycles. The summed E-state index contributed by atoms with van der Waals surface area (Å²) in [7, 11) is 0. The van der Waals surface area contributed by atoms with Crippen LogP contribution in [0.15, 0.2) is 27.5 Å². The number of rotatable bonds is 20. The number of benzene rings is 1. The second-order valence-corrected chi connectivity index (χ2v) is 14.5. The average molecular weight is 679 g/mol. The number of carbonyl (C=O) groups is 1. The van der Waals surface area contributed by atoms with Crippen LogP contribution in [-0.2, 0) is 22.5 Å². The topological polar surface area (TPSA) is 90.5 Å². The van der Waals surface area contributed by atoms with Crippen molar-refractivity contribution < 1.29 is 18.4 Å². The van der Waals surface area contributed by atoms with Crippen molar-refractivity contribution in [1.82, 2.24) is 19.6 Å². The van der Waals surface area contributed by atoms with Gasteiger partial charge in [0, 0.05) is 48.1 Å². The predicted molar refractivity (Wildman–Crippen MR) is 192 cm³/mol. The Morgan fingerprint density at radius 3 is 2.24 bits per heavy atom. The Morgan fingerprint density at radius 1 is 0.918 bits per heavy atom. The summed E-state index contributed by atoms with van der Waals surface area (Å²) in [5.41, 5.74) is 2.91. The van der Waals surface area contributed by atoms with Crippen LogP contribution in [0.25, 0.3) is 11.0 Å². The quantitative estimate of drug-likeness (QED) is 0.0869. The van der Waals surface area contributed by atoms with Gasteiger partial charge in [-0.2, -0.15) is 0 Å². The lowest BCUT2D eigenvalue weighted by Gasteiger charge is -2.31. The van der Waals surface area contributed by atoms with Crippen molar-refractivity contribution in [2.75, 3.05) is 19.6 Å². The van der Waals surface area contributed by atoms with Crippen molar-refractivity contribution >= 4 is 16.9 Å². The fraction of sp³-hybridized carbons (Fsp3) is 0.700. The molecule has 1 fully saturated rings. The minimum Gasteiger partial charge on any atom is -0.454 e. The van der Waals surface area contributed by atoms with Gasteiger partial charge in [0.1, 0.15) is 5.82 Å². The van der Waals surface area contributed by atoms with E-state index in [1.165, 1.54) is 89.2 Å². The number of halogens is 1. The highest BCUT2D eigenvalue weighted by Gasteiger charge is 2.29. The molecule has 0 N–H and O–H groups in total. The van der Waals surface area contributed by atoms with E-state index in [2.05, 4.69) is 17.0 Å². The van der Waals surface area contributed by atoms with Crippen LogP contribution in [0.5, 0.6) is 0 Å². The molecule has 2 aliphatic rings. The molecule has 1 atom stereocenters. The Labute approximate surface area is 292 Å². The van der Waals surface area contributed by atoms with Crippen molar-refractivity contribution in [1.29, 1.82) is 0 Å². The van der Waals surface area contributed by atoms with Crippen molar-refractivity contribution in [2.45, 2.75) is 161 Å². The standard InChI is InChI=1S/C40H59FN4O4/c1-3-4-5-6-7-8-9-10-11-12-13-14-15-16-19-37(46)48-35-18-17-25-45-39(35)42-30(2)33(40(45)47)24-28-44-26-22-31(23-27-44)38-34-21-20-32(41)29-36(34)49-43-38/h20-21,29,31,35H,3-19,22-28H2,1-2H3. The van der Waals surface area contributed by atoms with Gasteiger partial charge in [-0.25, -0.2) is 9.37 Å². The Kier molecular flexibility index (Phi) is 14.7. The van der Waals surface area contributed by atoms with Crippen molar-refractivity contribution in [3.8, 4) is 0 Å². The SMILES string of the molecule is CCCCCCCCCCCCCCCCC(=O)OC1CCCn2c1nc(C)c(CCN1CCC(c3noc4cc(F)ccc34)CC1)c2=O. The summed E-state index contributed by atoms with van der Waals surface area (Å²) in [6.45, 7) is 7.37. The molecule has 2 aliphatic heterocycles. The van der Waals surface area contributed by atoms with Crippen molar-refractivity contribution in [2.24, 2.45) is 0 Å². The number of esters is 1. The second kappa shape index (κ2) is 19.4. The third kappa shape index (κ3) is 10.7. The number of aryl methyl sites for hydroxylation is 1. The fourth-order valence-electron chi connectivity index (χ4n) is 7.75. The number of carbonyl (C=O) groups excluding carboxylic acids is 1. The van der Waals surface area contributed by atoms with Gasteiger partial charge in [0.2, 0.25) is 0 Å². The molecule has 0 aliphatic carbocycles. The summed E-state index contributed by atoms with van der Waals surface area (Å²) < 4.78 is 26.6. The number of aromatic nitrogens is 3. The first-order chi connectivity index (χ1) is 23.9. The zero-order chi connectivity index (χ0) is 34.4. The maximum Gasteiger partial charge on any atom is 0.306 e. The molecule has 0 spiro atoms. The Bertz CT molecular complexity index is 1530. The van der Waals surface area contributed by atoms with E-state index in [1.807, 2.05) is 6.92 Å². The van der Waals surface area contributed by atoms with Gasteiger partial charge in [-0.1, -0.05) is 95.6 Å². The van der Waals surface area contributed by atoms with E-state index in [4.69, 9.17) is 14.2 Å². The minimum absolute atomic E-state index is 0.00593. The summed E-state index contributed by atoms with van der Waals surface area (Å²) in [4.78, 5) is 33.6. The lowest BCUT2D eigenvalue weighted by atomic mass is 9.91. The van der Waals surface area contributed by atoms with Crippen LogP contribution in [0.2, 0.25) is 0 Å². The largest absolute Gasteiger partial charge is 0.454 e. The summed E-state index contributed by atoms with van der Waals surface area (Å²) in [6.07, 6.45) is 22.0. The lowest BCUT2D eigenvalue weighted by Crippen LogP contribution is -2.38. The summed E-state index contributed by atoms with van der Waals surface area (Å²) in [5.74, 6) is 0.379. The van der Waals surface area contributed by atoms with Crippen LogP contribution >= 0.6 is 0 Å². The maximum atomic E-state index is 13.6. The molecule has 1 aromatic carbocycles. The van der Waals surface area contributed by atoms with Gasteiger partial charge in [0.05, 0.1) is 5.69 Å². The molecule has 5 rings (SSSR count). The Hall–Kier alpha value is -3.07. The van der Waals surface area contributed by atoms with Gasteiger partial charge in [-0.15, -0.1) is 0 Å². The van der Waals surface area contributed by atoms with E-state index in [9.17, 15) is 14.0 Å². The highest BCUT2D eigenvalue weighted by molar-refractivity contribution is 5.79. The zero-order valence-corrected chi connectivity index (χ0v) is 30.2. The van der Waals surface area contributed by atoms with Crippen LogP contribution in [0, 0.1) is 12.7 Å². The van der Waals surface area contributed by atoms with Crippen LogP contribution in [0.3, 0.4) is 0 Å². The number of hydrogen-bond acceptors (Lipinski definition) is 7. The molecule has 4 heterocycles. The van der Waals surface area contributed by atoms with Gasteiger partial charge >= 0.3 is 5.97 Å². The number of hydrogen-bond donors (Lipinski definition) is 0. The van der Waals surface area contributed by atoms with E-state index in [0.29, 0.717) is 37.2 Å². The molecule has 9 heteroatoms. The number of fused-ring (bicyclic) bond motifs is 2. The van der Waals surface area contributed by atoms with Gasteiger partial charge in [-0.05, 0) is 70.7 Å². The number of piperidine rings is 1. The molecule has 8 nitrogen and oxygen atoms in total. The molecule has 0 bridgehead atoms. The highest BCUT2D eigenvalue weighted by atomic mass is 19.1. The normalized spacial score (nSPS) is 17.1. The zero-order valence-electron chi connectivity index (χ0n) is 30.2. The van der Waals surface area contributed by atoms with Gasteiger partial charge in [0.15, 0.2) is 17.5 Å². The van der Waals surface area contributed by atoms with Gasteiger partial charge in [0.25, 0.3) is 5.56 Å². The molecule has 0 amide bonds. The Morgan fingerprint density at radius 2 is 1.57 bits per heavy atom. The van der Waals surface area contributed by atoms with Crippen LogP contribution < -0.4 is 5.56 Å². The van der Waals surface area contributed by atoms with E-state index >= 15 is 0 Å². The first-order valence-corrected chi connectivity index (χ1v) is 19.5. The smallest absolute Gasteiger partial charge is 0.306 e. The first-order valence-electron chi connectivity index (χ1n) is 19.5. The Balaban J connectivity index is 0.998. The monoisotopic (exact) mass is 678 g/mol. The molecule has 2 aromatic heterocycles. The molecular weight excluding hydrogens is 619 g/mol. The van der Waals surface area contributed by atoms with Gasteiger partial charge < -0.3 is 14.2 Å². The van der Waals surface area contributed by atoms with Crippen LogP contribution in [0.4, 0.5) is 4.39 Å². The van der Waals surface area contributed by atoms with E-state index in [-0.39, 0.29) is 23.3 Å². The molecule has 3 aromatic rings. The third-order valence-corrected chi connectivity index (χ3v) is 10.8. The molecular formula is C40H59FN4O4. The number of ether oxygens (including phenoxy) is 1. The van der Waals surface area contributed by atoms with Crippen molar-refractivity contribution in [3.05, 3.63) is 57.1 Å². The molecule has 0 radical (unpaired) electrons. The van der Waals surface area contributed by atoms with E-state index in [1.54, 1.807) is 10.6 Å². The highest BCUT2D eigenvalue weighted by Crippen LogP contribution is 2.33. The summed E-state index contributed by atoms with van der Waals surface area (Å²) >= 11 is 0. The number of nitrogens with zero attached hydrogens (tertiary/aromatic N) is 4. The second-order valence-electron chi connectivity index (χ2n) is 14.5. The van der Waals surface area contributed by atoms with Crippen LogP contribution in [0.1, 0.15) is 164 Å². The van der Waals surface area contributed by atoms with Gasteiger partial charge in [-0.3, -0.25) is 14.2 Å². The van der Waals surface area contributed by atoms with Crippen LogP contribution in [-0.4, -0.2) is 45.2 Å². The minimum atomic E-state index is -0.448. The molecule has 1 saturated heterocycles. The molecule has 270 valence electrons. The molecule has 49 heavy (non-hydrogen) atoms. The molecule has 1 unspecified atom stereocenters. The first kappa shape index (κ1) is 37.2. The predicted octanol–water partition coefficient (Wildman–Crippen LogP) is 9.50. The van der Waals surface area contributed by atoms with Crippen molar-refractivity contribution in [3.63, 3.8) is 0 Å². The fourth-order valence-corrected chi connectivity index (χ4v) is 7.75. The third-order valence-electron chi connectivity index (χ3n) is 10.8. The maximum absolute atomic E-state index is 13.6. The average Bonchev–Trinajstić information content (AvgIpc) is 3.52. The van der Waals surface area contributed by atoms with E-state index in [0.717, 1.165) is 74.1 Å².